The Balaban J connectivity index is 2.35. The second-order valence-corrected chi connectivity index (χ2v) is 3.82. The Hall–Kier alpha value is -0.570. The van der Waals surface area contributed by atoms with Gasteiger partial charge in [-0.3, -0.25) is 4.79 Å². The van der Waals surface area contributed by atoms with Gasteiger partial charge < -0.3 is 10.4 Å². The van der Waals surface area contributed by atoms with Crippen molar-refractivity contribution in [3.8, 4) is 0 Å². The Morgan fingerprint density at radius 1 is 1.58 bits per heavy atom. The monoisotopic (exact) mass is 171 g/mol. The number of hydrogen-bond donors (Lipinski definition) is 2. The molecule has 0 radical (unpaired) electrons. The highest BCUT2D eigenvalue weighted by Crippen LogP contribution is 2.20. The van der Waals surface area contributed by atoms with Crippen LogP contribution in [0.5, 0.6) is 0 Å². The molecule has 1 rings (SSSR count). The number of carbonyl (C=O) groups is 1. The van der Waals surface area contributed by atoms with E-state index < -0.39 is 0 Å². The van der Waals surface area contributed by atoms with Crippen molar-refractivity contribution in [1.82, 2.24) is 5.32 Å². The van der Waals surface area contributed by atoms with Gasteiger partial charge in [0.05, 0.1) is 12.5 Å². The molecule has 2 N–H and O–H groups in total. The van der Waals surface area contributed by atoms with E-state index >= 15 is 0 Å². The first-order valence-electron chi connectivity index (χ1n) is 4.56. The highest BCUT2D eigenvalue weighted by molar-refractivity contribution is 5.79. The lowest BCUT2D eigenvalue weighted by Crippen LogP contribution is -2.36. The summed E-state index contributed by atoms with van der Waals surface area (Å²) in [6, 6.07) is 0.394. The summed E-state index contributed by atoms with van der Waals surface area (Å²) in [4.78, 5) is 11.4. The molecule has 0 spiro atoms. The molecule has 1 saturated carbocycles. The third kappa shape index (κ3) is 2.48. The maximum absolute atomic E-state index is 11.4. The Labute approximate surface area is 73.2 Å². The van der Waals surface area contributed by atoms with Crippen LogP contribution in [-0.4, -0.2) is 23.7 Å². The van der Waals surface area contributed by atoms with Gasteiger partial charge in [0.1, 0.15) is 0 Å². The zero-order valence-electron chi connectivity index (χ0n) is 7.71. The van der Waals surface area contributed by atoms with Gasteiger partial charge in [0, 0.05) is 6.04 Å². The molecule has 3 nitrogen and oxygen atoms in total. The molecule has 0 bridgehead atoms. The molecule has 1 unspecified atom stereocenters. The number of hydrogen-bond acceptors (Lipinski definition) is 2. The van der Waals surface area contributed by atoms with Crippen molar-refractivity contribution in [2.45, 2.75) is 32.7 Å². The number of nitrogens with one attached hydrogen (secondary N) is 1. The smallest absolute Gasteiger partial charge is 0.225 e. The van der Waals surface area contributed by atoms with Crippen molar-refractivity contribution in [2.24, 2.45) is 11.8 Å². The fourth-order valence-corrected chi connectivity index (χ4v) is 1.13. The van der Waals surface area contributed by atoms with Crippen LogP contribution in [0, 0.1) is 11.8 Å². The van der Waals surface area contributed by atoms with Gasteiger partial charge >= 0.3 is 0 Å². The minimum atomic E-state index is -0.231. The summed E-state index contributed by atoms with van der Waals surface area (Å²) in [6.45, 7) is 3.86. The summed E-state index contributed by atoms with van der Waals surface area (Å²) in [7, 11) is 0. The van der Waals surface area contributed by atoms with Crippen molar-refractivity contribution in [3.05, 3.63) is 0 Å². The van der Waals surface area contributed by atoms with E-state index in [0.29, 0.717) is 6.04 Å². The van der Waals surface area contributed by atoms with Crippen LogP contribution in [0.25, 0.3) is 0 Å². The Morgan fingerprint density at radius 3 is 2.50 bits per heavy atom. The lowest BCUT2D eigenvalue weighted by Gasteiger charge is -2.17. The van der Waals surface area contributed by atoms with Gasteiger partial charge in [0.2, 0.25) is 5.91 Å². The molecular formula is C9H17NO2. The number of aliphatic hydroxyl groups excluding tert-OH is 1. The van der Waals surface area contributed by atoms with Crippen LogP contribution in [0.1, 0.15) is 26.7 Å². The summed E-state index contributed by atoms with van der Waals surface area (Å²) >= 11 is 0. The molecule has 1 atom stereocenters. The molecule has 0 aliphatic heterocycles. The summed E-state index contributed by atoms with van der Waals surface area (Å²) in [6.07, 6.45) is 2.20. The van der Waals surface area contributed by atoms with Crippen LogP contribution >= 0.6 is 0 Å². The van der Waals surface area contributed by atoms with E-state index in [0.717, 1.165) is 12.8 Å². The predicted molar refractivity (Wildman–Crippen MR) is 46.6 cm³/mol. The topological polar surface area (TPSA) is 49.3 Å². The fourth-order valence-electron chi connectivity index (χ4n) is 1.13. The van der Waals surface area contributed by atoms with Crippen molar-refractivity contribution in [2.75, 3.05) is 6.61 Å². The molecule has 1 aliphatic rings. The van der Waals surface area contributed by atoms with Crippen molar-refractivity contribution < 1.29 is 9.90 Å². The van der Waals surface area contributed by atoms with Gasteiger partial charge in [-0.25, -0.2) is 0 Å². The molecule has 0 aromatic heterocycles. The molecule has 0 aromatic rings. The average molecular weight is 171 g/mol. The molecule has 0 aromatic carbocycles. The van der Waals surface area contributed by atoms with E-state index in [1.165, 1.54) is 0 Å². The molecule has 0 heterocycles. The maximum Gasteiger partial charge on any atom is 0.225 e. The van der Waals surface area contributed by atoms with Crippen molar-refractivity contribution in [3.63, 3.8) is 0 Å². The Morgan fingerprint density at radius 2 is 2.17 bits per heavy atom. The summed E-state index contributed by atoms with van der Waals surface area (Å²) in [5.74, 6) is -0.00523. The van der Waals surface area contributed by atoms with Gasteiger partial charge in [0.15, 0.2) is 0 Å². The maximum atomic E-state index is 11.4. The minimum Gasteiger partial charge on any atom is -0.396 e. The normalized spacial score (nSPS) is 19.3. The highest BCUT2D eigenvalue weighted by Gasteiger charge is 2.28. The molecule has 1 aliphatic carbocycles. The number of aliphatic hydroxyl groups is 1. The van der Waals surface area contributed by atoms with Crippen LogP contribution in [0.4, 0.5) is 0 Å². The molecule has 70 valence electrons. The van der Waals surface area contributed by atoms with Gasteiger partial charge in [-0.1, -0.05) is 13.8 Å². The number of amides is 1. The SMILES string of the molecule is CC(C)C(CO)C(=O)NC1CC1. The number of carbonyl (C=O) groups excluding carboxylic acids is 1. The van der Waals surface area contributed by atoms with Crippen LogP contribution in [0.3, 0.4) is 0 Å². The minimum absolute atomic E-state index is 0.00926. The second kappa shape index (κ2) is 3.90. The van der Waals surface area contributed by atoms with Gasteiger partial charge in [-0.05, 0) is 18.8 Å². The second-order valence-electron chi connectivity index (χ2n) is 3.82. The van der Waals surface area contributed by atoms with E-state index in [9.17, 15) is 4.79 Å². The van der Waals surface area contributed by atoms with Crippen molar-refractivity contribution in [1.29, 1.82) is 0 Å². The van der Waals surface area contributed by atoms with E-state index in [-0.39, 0.29) is 24.3 Å². The molecule has 1 amide bonds. The predicted octanol–water partition coefficient (Wildman–Crippen LogP) is 0.529. The van der Waals surface area contributed by atoms with Crippen LogP contribution in [0.15, 0.2) is 0 Å². The molecule has 3 heteroatoms. The first-order chi connectivity index (χ1) is 5.65. The third-order valence-electron chi connectivity index (χ3n) is 2.26. The average Bonchev–Trinajstić information content (AvgIpc) is 2.71. The lowest BCUT2D eigenvalue weighted by atomic mass is 9.96. The van der Waals surface area contributed by atoms with Crippen molar-refractivity contribution >= 4 is 5.91 Å². The van der Waals surface area contributed by atoms with Crippen LogP contribution in [0.2, 0.25) is 0 Å². The van der Waals surface area contributed by atoms with E-state index in [1.54, 1.807) is 0 Å². The zero-order chi connectivity index (χ0) is 9.14. The molecule has 0 saturated heterocycles. The molecular weight excluding hydrogens is 154 g/mol. The molecule has 1 fully saturated rings. The lowest BCUT2D eigenvalue weighted by molar-refractivity contribution is -0.127. The van der Waals surface area contributed by atoms with Gasteiger partial charge in [0.25, 0.3) is 0 Å². The highest BCUT2D eigenvalue weighted by atomic mass is 16.3. The van der Waals surface area contributed by atoms with Crippen LogP contribution < -0.4 is 5.32 Å². The summed E-state index contributed by atoms with van der Waals surface area (Å²) in [5, 5.41) is 11.8. The fraction of sp³-hybridized carbons (Fsp3) is 0.889. The van der Waals surface area contributed by atoms with Gasteiger partial charge in [-0.2, -0.15) is 0 Å². The van der Waals surface area contributed by atoms with E-state index in [4.69, 9.17) is 5.11 Å². The quantitative estimate of drug-likeness (QED) is 0.648. The number of rotatable bonds is 4. The molecule has 12 heavy (non-hydrogen) atoms. The zero-order valence-corrected chi connectivity index (χ0v) is 7.71. The summed E-state index contributed by atoms with van der Waals surface area (Å²) < 4.78 is 0. The Kier molecular flexibility index (Phi) is 3.09. The van der Waals surface area contributed by atoms with E-state index in [1.807, 2.05) is 13.8 Å². The van der Waals surface area contributed by atoms with Crippen LogP contribution in [-0.2, 0) is 4.79 Å². The van der Waals surface area contributed by atoms with Gasteiger partial charge in [-0.15, -0.1) is 0 Å². The Bertz CT molecular complexity index is 164. The first kappa shape index (κ1) is 9.52. The van der Waals surface area contributed by atoms with E-state index in [2.05, 4.69) is 5.32 Å². The largest absolute Gasteiger partial charge is 0.396 e. The standard InChI is InChI=1S/C9H17NO2/c1-6(2)8(5-11)9(12)10-7-3-4-7/h6-8,11H,3-5H2,1-2H3,(H,10,12). The first-order valence-corrected chi connectivity index (χ1v) is 4.56. The summed E-state index contributed by atoms with van der Waals surface area (Å²) in [5.41, 5.74) is 0. The third-order valence-corrected chi connectivity index (χ3v) is 2.26.